The van der Waals surface area contributed by atoms with Gasteiger partial charge in [-0.05, 0) is 36.5 Å². The van der Waals surface area contributed by atoms with Gasteiger partial charge in [0.1, 0.15) is 12.1 Å². The standard InChI is InChI=1S/C17H30N2O2/c1-7-12-15(20)18-14(17(4,5)6)16(21)19(12)13-9-8-10(2)11(13)3/h10-14H,7-9H2,1-6H3,(H,18,20). The Balaban J connectivity index is 2.34. The minimum atomic E-state index is -0.407. The molecule has 2 aliphatic rings. The van der Waals surface area contributed by atoms with Gasteiger partial charge in [0.25, 0.3) is 0 Å². The Labute approximate surface area is 128 Å². The Kier molecular flexibility index (Phi) is 4.36. The van der Waals surface area contributed by atoms with Gasteiger partial charge in [-0.1, -0.05) is 41.5 Å². The summed E-state index contributed by atoms with van der Waals surface area (Å²) in [7, 11) is 0. The van der Waals surface area contributed by atoms with Crippen LogP contribution in [0.5, 0.6) is 0 Å². The molecule has 4 nitrogen and oxygen atoms in total. The second-order valence-corrected chi connectivity index (χ2v) is 7.96. The molecule has 4 heteroatoms. The Bertz CT molecular complexity index is 427. The van der Waals surface area contributed by atoms with Crippen LogP contribution >= 0.6 is 0 Å². The first-order chi connectivity index (χ1) is 9.68. The minimum absolute atomic E-state index is 0.0174. The van der Waals surface area contributed by atoms with Crippen LogP contribution in [-0.2, 0) is 9.59 Å². The van der Waals surface area contributed by atoms with Gasteiger partial charge >= 0.3 is 0 Å². The summed E-state index contributed by atoms with van der Waals surface area (Å²) in [6.45, 7) is 12.5. The minimum Gasteiger partial charge on any atom is -0.342 e. The van der Waals surface area contributed by atoms with Crippen molar-refractivity contribution >= 4 is 11.8 Å². The molecule has 5 atom stereocenters. The smallest absolute Gasteiger partial charge is 0.246 e. The van der Waals surface area contributed by atoms with Crippen LogP contribution in [-0.4, -0.2) is 34.8 Å². The van der Waals surface area contributed by atoms with E-state index in [1.165, 1.54) is 0 Å². The fourth-order valence-electron chi connectivity index (χ4n) is 3.82. The van der Waals surface area contributed by atoms with Crippen LogP contribution < -0.4 is 5.32 Å². The summed E-state index contributed by atoms with van der Waals surface area (Å²) in [5, 5.41) is 2.96. The fraction of sp³-hybridized carbons (Fsp3) is 0.882. The lowest BCUT2D eigenvalue weighted by Gasteiger charge is -2.47. The van der Waals surface area contributed by atoms with Crippen molar-refractivity contribution < 1.29 is 9.59 Å². The van der Waals surface area contributed by atoms with E-state index in [-0.39, 0.29) is 29.3 Å². The van der Waals surface area contributed by atoms with Gasteiger partial charge in [0.05, 0.1) is 0 Å². The Morgan fingerprint density at radius 3 is 2.24 bits per heavy atom. The van der Waals surface area contributed by atoms with Crippen molar-refractivity contribution in [3.63, 3.8) is 0 Å². The zero-order chi connectivity index (χ0) is 15.9. The largest absolute Gasteiger partial charge is 0.342 e. The molecule has 120 valence electrons. The second kappa shape index (κ2) is 5.62. The van der Waals surface area contributed by atoms with Gasteiger partial charge in [0, 0.05) is 6.04 Å². The molecule has 5 unspecified atom stereocenters. The molecule has 1 aliphatic heterocycles. The molecule has 1 saturated carbocycles. The van der Waals surface area contributed by atoms with Gasteiger partial charge in [-0.25, -0.2) is 0 Å². The van der Waals surface area contributed by atoms with E-state index in [2.05, 4.69) is 19.2 Å². The molecule has 1 saturated heterocycles. The summed E-state index contributed by atoms with van der Waals surface area (Å²) in [5.41, 5.74) is -0.253. The second-order valence-electron chi connectivity index (χ2n) is 7.96. The highest BCUT2D eigenvalue weighted by molar-refractivity contribution is 5.97. The number of amides is 2. The van der Waals surface area contributed by atoms with Crippen molar-refractivity contribution in [1.29, 1.82) is 0 Å². The third-order valence-corrected chi connectivity index (χ3v) is 5.46. The number of nitrogens with one attached hydrogen (secondary N) is 1. The number of carbonyl (C=O) groups excluding carboxylic acids is 2. The van der Waals surface area contributed by atoms with E-state index in [0.717, 1.165) is 12.8 Å². The van der Waals surface area contributed by atoms with Crippen LogP contribution in [0.1, 0.15) is 60.8 Å². The molecule has 1 aliphatic carbocycles. The molecule has 21 heavy (non-hydrogen) atoms. The van der Waals surface area contributed by atoms with Crippen LogP contribution in [0, 0.1) is 17.3 Å². The molecule has 0 aromatic carbocycles. The maximum Gasteiger partial charge on any atom is 0.246 e. The summed E-state index contributed by atoms with van der Waals surface area (Å²) in [4.78, 5) is 27.4. The third-order valence-electron chi connectivity index (χ3n) is 5.46. The molecular weight excluding hydrogens is 264 g/mol. The number of rotatable bonds is 2. The van der Waals surface area contributed by atoms with Crippen LogP contribution in [0.4, 0.5) is 0 Å². The van der Waals surface area contributed by atoms with Gasteiger partial charge in [-0.15, -0.1) is 0 Å². The first-order valence-corrected chi connectivity index (χ1v) is 8.31. The van der Waals surface area contributed by atoms with Crippen molar-refractivity contribution in [2.75, 3.05) is 0 Å². The van der Waals surface area contributed by atoms with Crippen molar-refractivity contribution in [2.24, 2.45) is 17.3 Å². The molecule has 0 aromatic heterocycles. The average Bonchev–Trinajstić information content (AvgIpc) is 2.70. The molecule has 0 spiro atoms. The van der Waals surface area contributed by atoms with Crippen molar-refractivity contribution in [1.82, 2.24) is 10.2 Å². The van der Waals surface area contributed by atoms with E-state index in [4.69, 9.17) is 0 Å². The Hall–Kier alpha value is -1.06. The van der Waals surface area contributed by atoms with E-state index in [0.29, 0.717) is 18.3 Å². The predicted molar refractivity (Wildman–Crippen MR) is 83.7 cm³/mol. The quantitative estimate of drug-likeness (QED) is 0.851. The molecule has 1 N–H and O–H groups in total. The van der Waals surface area contributed by atoms with Gasteiger partial charge in [-0.3, -0.25) is 9.59 Å². The first-order valence-electron chi connectivity index (χ1n) is 8.31. The van der Waals surface area contributed by atoms with E-state index in [1.54, 1.807) is 0 Å². The number of carbonyl (C=O) groups is 2. The van der Waals surface area contributed by atoms with Crippen LogP contribution in [0.25, 0.3) is 0 Å². The number of piperazine rings is 1. The molecule has 1 heterocycles. The van der Waals surface area contributed by atoms with Crippen molar-refractivity contribution in [3.8, 4) is 0 Å². The summed E-state index contributed by atoms with van der Waals surface area (Å²) < 4.78 is 0. The van der Waals surface area contributed by atoms with Crippen LogP contribution in [0.3, 0.4) is 0 Å². The van der Waals surface area contributed by atoms with Crippen LogP contribution in [0.2, 0.25) is 0 Å². The molecule has 0 aromatic rings. The van der Waals surface area contributed by atoms with Crippen molar-refractivity contribution in [2.45, 2.75) is 78.9 Å². The third kappa shape index (κ3) is 2.82. The molecule has 0 radical (unpaired) electrons. The maximum atomic E-state index is 13.0. The maximum absolute atomic E-state index is 13.0. The van der Waals surface area contributed by atoms with Gasteiger partial charge in [0.15, 0.2) is 0 Å². The predicted octanol–water partition coefficient (Wildman–Crippen LogP) is 2.57. The lowest BCUT2D eigenvalue weighted by Crippen LogP contribution is -2.68. The lowest BCUT2D eigenvalue weighted by molar-refractivity contribution is -0.156. The average molecular weight is 294 g/mol. The van der Waals surface area contributed by atoms with E-state index >= 15 is 0 Å². The zero-order valence-electron chi connectivity index (χ0n) is 14.3. The van der Waals surface area contributed by atoms with Gasteiger partial charge < -0.3 is 10.2 Å². The summed E-state index contributed by atoms with van der Waals surface area (Å²) in [6.07, 6.45) is 2.86. The van der Waals surface area contributed by atoms with E-state index in [9.17, 15) is 9.59 Å². The number of hydrogen-bond donors (Lipinski definition) is 1. The lowest BCUT2D eigenvalue weighted by atomic mass is 9.82. The highest BCUT2D eigenvalue weighted by Crippen LogP contribution is 2.38. The normalized spacial score (nSPS) is 37.8. The molecule has 2 fully saturated rings. The number of hydrogen-bond acceptors (Lipinski definition) is 2. The fourth-order valence-corrected chi connectivity index (χ4v) is 3.82. The summed E-state index contributed by atoms with van der Waals surface area (Å²) in [6, 6.07) is -0.488. The summed E-state index contributed by atoms with van der Waals surface area (Å²) in [5.74, 6) is 1.22. The molecule has 0 bridgehead atoms. The monoisotopic (exact) mass is 294 g/mol. The highest BCUT2D eigenvalue weighted by Gasteiger charge is 2.49. The zero-order valence-corrected chi connectivity index (χ0v) is 14.3. The number of nitrogens with zero attached hydrogens (tertiary/aromatic N) is 1. The Morgan fingerprint density at radius 2 is 1.81 bits per heavy atom. The van der Waals surface area contributed by atoms with E-state index in [1.807, 2.05) is 32.6 Å². The van der Waals surface area contributed by atoms with E-state index < -0.39 is 6.04 Å². The topological polar surface area (TPSA) is 49.4 Å². The van der Waals surface area contributed by atoms with Gasteiger partial charge in [0.2, 0.25) is 11.8 Å². The molecule has 2 amide bonds. The summed E-state index contributed by atoms with van der Waals surface area (Å²) >= 11 is 0. The molecular formula is C17H30N2O2. The van der Waals surface area contributed by atoms with Crippen molar-refractivity contribution in [3.05, 3.63) is 0 Å². The SMILES string of the molecule is CCC1C(=O)NC(C(C)(C)C)C(=O)N1C1CCC(C)C1C. The van der Waals surface area contributed by atoms with Crippen LogP contribution in [0.15, 0.2) is 0 Å². The first kappa shape index (κ1) is 16.3. The highest BCUT2D eigenvalue weighted by atomic mass is 16.2. The Morgan fingerprint density at radius 1 is 1.19 bits per heavy atom. The van der Waals surface area contributed by atoms with Gasteiger partial charge in [-0.2, -0.15) is 0 Å². The molecule has 2 rings (SSSR count).